The zero-order valence-electron chi connectivity index (χ0n) is 20.6. The quantitative estimate of drug-likeness (QED) is 0.337. The molecule has 0 aromatic heterocycles. The minimum absolute atomic E-state index is 0.0642. The molecule has 0 radical (unpaired) electrons. The maximum Gasteiger partial charge on any atom is 0.407 e. The summed E-state index contributed by atoms with van der Waals surface area (Å²) in [6.45, 7) is 3.77. The third-order valence-electron chi connectivity index (χ3n) is 5.95. The first-order valence-corrected chi connectivity index (χ1v) is 13.5. The predicted molar refractivity (Wildman–Crippen MR) is 140 cm³/mol. The SMILES string of the molecule is CC(C)Cc1ccccc1S(=O)(=O)NC[C@@H](O)C(Cc1ccccc1)N(Cc1ccccc1)C(=O)O. The van der Waals surface area contributed by atoms with Gasteiger partial charge in [-0.25, -0.2) is 17.9 Å². The Bertz CT molecular complexity index is 1220. The Morgan fingerprint density at radius 2 is 1.42 bits per heavy atom. The van der Waals surface area contributed by atoms with Gasteiger partial charge in [-0.05, 0) is 41.5 Å². The fourth-order valence-corrected chi connectivity index (χ4v) is 5.50. The van der Waals surface area contributed by atoms with Crippen LogP contribution in [0.3, 0.4) is 0 Å². The van der Waals surface area contributed by atoms with Crippen molar-refractivity contribution in [3.05, 3.63) is 102 Å². The van der Waals surface area contributed by atoms with Gasteiger partial charge in [0.15, 0.2) is 0 Å². The Labute approximate surface area is 213 Å². The van der Waals surface area contributed by atoms with E-state index in [4.69, 9.17) is 0 Å². The van der Waals surface area contributed by atoms with E-state index in [2.05, 4.69) is 4.72 Å². The first-order valence-electron chi connectivity index (χ1n) is 12.0. The summed E-state index contributed by atoms with van der Waals surface area (Å²) in [5.41, 5.74) is 2.31. The molecular weight excluding hydrogens is 476 g/mol. The number of nitrogens with zero attached hydrogens (tertiary/aromatic N) is 1. The first-order chi connectivity index (χ1) is 17.2. The van der Waals surface area contributed by atoms with Gasteiger partial charge >= 0.3 is 6.09 Å². The lowest BCUT2D eigenvalue weighted by molar-refractivity contribution is 0.0469. The highest BCUT2D eigenvalue weighted by atomic mass is 32.2. The lowest BCUT2D eigenvalue weighted by Crippen LogP contribution is -2.51. The highest BCUT2D eigenvalue weighted by molar-refractivity contribution is 7.89. The molecule has 8 heteroatoms. The van der Waals surface area contributed by atoms with Gasteiger partial charge < -0.3 is 10.2 Å². The smallest absolute Gasteiger partial charge is 0.407 e. The standard InChI is InChI=1S/C28H34N2O5S/c1-21(2)17-24-15-9-10-16-27(24)36(34,35)29-19-26(31)25(18-22-11-5-3-6-12-22)30(28(32)33)20-23-13-7-4-8-14-23/h3-16,21,25-26,29,31H,17-20H2,1-2H3,(H,32,33)/t25?,26-/m1/s1. The van der Waals surface area contributed by atoms with E-state index >= 15 is 0 Å². The van der Waals surface area contributed by atoms with Crippen LogP contribution < -0.4 is 4.72 Å². The van der Waals surface area contributed by atoms with Crippen LogP contribution >= 0.6 is 0 Å². The molecule has 0 aliphatic heterocycles. The zero-order chi connectivity index (χ0) is 26.1. The predicted octanol–water partition coefficient (Wildman–Crippen LogP) is 4.32. The summed E-state index contributed by atoms with van der Waals surface area (Å²) in [6.07, 6.45) is -1.64. The Hall–Kier alpha value is -3.20. The van der Waals surface area contributed by atoms with Gasteiger partial charge in [0.25, 0.3) is 0 Å². The van der Waals surface area contributed by atoms with E-state index in [1.165, 1.54) is 4.90 Å². The number of carbonyl (C=O) groups is 1. The van der Waals surface area contributed by atoms with Crippen LogP contribution in [-0.2, 0) is 29.4 Å². The van der Waals surface area contributed by atoms with Crippen LogP contribution in [0, 0.1) is 5.92 Å². The number of rotatable bonds is 12. The summed E-state index contributed by atoms with van der Waals surface area (Å²) in [4.78, 5) is 13.6. The van der Waals surface area contributed by atoms with E-state index in [1.54, 1.807) is 24.3 Å². The van der Waals surface area contributed by atoms with Gasteiger partial charge in [-0.15, -0.1) is 0 Å². The lowest BCUT2D eigenvalue weighted by atomic mass is 9.99. The molecule has 0 aliphatic carbocycles. The average Bonchev–Trinajstić information content (AvgIpc) is 2.86. The van der Waals surface area contributed by atoms with Crippen LogP contribution in [0.15, 0.2) is 89.8 Å². The molecule has 0 heterocycles. The van der Waals surface area contributed by atoms with Gasteiger partial charge in [-0.2, -0.15) is 0 Å². The fourth-order valence-electron chi connectivity index (χ4n) is 4.20. The minimum Gasteiger partial charge on any atom is -0.465 e. The fraction of sp³-hybridized carbons (Fsp3) is 0.321. The summed E-state index contributed by atoms with van der Waals surface area (Å²) in [6, 6.07) is 24.3. The zero-order valence-corrected chi connectivity index (χ0v) is 21.4. The molecule has 1 unspecified atom stereocenters. The summed E-state index contributed by atoms with van der Waals surface area (Å²) in [5, 5.41) is 21.2. The van der Waals surface area contributed by atoms with Crippen molar-refractivity contribution in [3.8, 4) is 0 Å². The number of benzene rings is 3. The Morgan fingerprint density at radius 3 is 2.00 bits per heavy atom. The summed E-state index contributed by atoms with van der Waals surface area (Å²) in [5.74, 6) is 0.268. The molecule has 0 bridgehead atoms. The molecule has 192 valence electrons. The van der Waals surface area contributed by atoms with E-state index in [1.807, 2.05) is 74.5 Å². The number of carboxylic acid groups (broad SMARTS) is 1. The van der Waals surface area contributed by atoms with Crippen molar-refractivity contribution in [1.29, 1.82) is 0 Å². The van der Waals surface area contributed by atoms with Crippen LogP contribution in [0.2, 0.25) is 0 Å². The molecule has 0 spiro atoms. The third kappa shape index (κ3) is 7.65. The molecule has 1 amide bonds. The van der Waals surface area contributed by atoms with E-state index < -0.39 is 28.3 Å². The number of sulfonamides is 1. The summed E-state index contributed by atoms with van der Waals surface area (Å²) in [7, 11) is -3.92. The second kappa shape index (κ2) is 12.7. The number of amides is 1. The van der Waals surface area contributed by atoms with Gasteiger partial charge in [0.05, 0.1) is 17.0 Å². The van der Waals surface area contributed by atoms with Gasteiger partial charge in [0.2, 0.25) is 10.0 Å². The van der Waals surface area contributed by atoms with Gasteiger partial charge in [-0.3, -0.25) is 4.90 Å². The van der Waals surface area contributed by atoms with E-state index in [-0.39, 0.29) is 30.3 Å². The number of hydrogen-bond acceptors (Lipinski definition) is 4. The van der Waals surface area contributed by atoms with Crippen molar-refractivity contribution < 1.29 is 23.4 Å². The monoisotopic (exact) mass is 510 g/mol. The molecule has 0 saturated carbocycles. The maximum atomic E-state index is 13.2. The van der Waals surface area contributed by atoms with Crippen LogP contribution in [0.1, 0.15) is 30.5 Å². The summed E-state index contributed by atoms with van der Waals surface area (Å²) >= 11 is 0. The van der Waals surface area contributed by atoms with Crippen molar-refractivity contribution in [2.24, 2.45) is 5.92 Å². The number of hydrogen-bond donors (Lipinski definition) is 3. The third-order valence-corrected chi connectivity index (χ3v) is 7.47. The second-order valence-electron chi connectivity index (χ2n) is 9.28. The van der Waals surface area contributed by atoms with Crippen molar-refractivity contribution in [1.82, 2.24) is 9.62 Å². The van der Waals surface area contributed by atoms with Crippen LogP contribution in [0.25, 0.3) is 0 Å². The molecular formula is C28H34N2O5S. The normalized spacial score (nSPS) is 13.3. The van der Waals surface area contributed by atoms with E-state index in [9.17, 15) is 23.4 Å². The van der Waals surface area contributed by atoms with Crippen molar-refractivity contribution in [2.75, 3.05) is 6.54 Å². The lowest BCUT2D eigenvalue weighted by Gasteiger charge is -2.33. The molecule has 36 heavy (non-hydrogen) atoms. The molecule has 7 nitrogen and oxygen atoms in total. The molecule has 2 atom stereocenters. The van der Waals surface area contributed by atoms with Crippen molar-refractivity contribution >= 4 is 16.1 Å². The van der Waals surface area contributed by atoms with Crippen LogP contribution in [0.4, 0.5) is 4.79 Å². The number of aliphatic hydroxyl groups is 1. The molecule has 3 N–H and O–H groups in total. The van der Waals surface area contributed by atoms with E-state index in [0.29, 0.717) is 12.0 Å². The molecule has 0 saturated heterocycles. The second-order valence-corrected chi connectivity index (χ2v) is 11.0. The van der Waals surface area contributed by atoms with Gasteiger partial charge in [0.1, 0.15) is 0 Å². The molecule has 0 fully saturated rings. The topological polar surface area (TPSA) is 107 Å². The number of nitrogens with one attached hydrogen (secondary N) is 1. The van der Waals surface area contributed by atoms with Crippen molar-refractivity contribution in [2.45, 2.75) is 50.3 Å². The van der Waals surface area contributed by atoms with E-state index in [0.717, 1.165) is 11.1 Å². The van der Waals surface area contributed by atoms with Crippen LogP contribution in [-0.4, -0.2) is 48.3 Å². The molecule has 3 aromatic rings. The summed E-state index contributed by atoms with van der Waals surface area (Å²) < 4.78 is 28.8. The first kappa shape index (κ1) is 27.4. The Morgan fingerprint density at radius 1 is 0.861 bits per heavy atom. The maximum absolute atomic E-state index is 13.2. The van der Waals surface area contributed by atoms with Crippen molar-refractivity contribution in [3.63, 3.8) is 0 Å². The van der Waals surface area contributed by atoms with Gasteiger partial charge in [-0.1, -0.05) is 92.7 Å². The molecule has 3 rings (SSSR count). The highest BCUT2D eigenvalue weighted by Crippen LogP contribution is 2.20. The largest absolute Gasteiger partial charge is 0.465 e. The average molecular weight is 511 g/mol. The molecule has 3 aromatic carbocycles. The highest BCUT2D eigenvalue weighted by Gasteiger charge is 2.31. The van der Waals surface area contributed by atoms with Crippen LogP contribution in [0.5, 0.6) is 0 Å². The van der Waals surface area contributed by atoms with Gasteiger partial charge in [0, 0.05) is 13.1 Å². The number of aliphatic hydroxyl groups excluding tert-OH is 1. The minimum atomic E-state index is -3.92. The Balaban J connectivity index is 1.85. The Kier molecular flexibility index (Phi) is 9.64. The molecule has 0 aliphatic rings.